The molecule has 7 rings (SSSR count). The van der Waals surface area contributed by atoms with Crippen LogP contribution in [0, 0.1) is 13.8 Å². The number of hydrogen-bond acceptors (Lipinski definition) is 7. The molecule has 61 heavy (non-hydrogen) atoms. The van der Waals surface area contributed by atoms with E-state index in [1.807, 2.05) is 114 Å². The Morgan fingerprint density at radius 1 is 0.885 bits per heavy atom. The number of carbonyl (C=O) groups is 3. The fourth-order valence-corrected chi connectivity index (χ4v) is 8.31. The Balaban J connectivity index is 1.08. The molecule has 2 aliphatic heterocycles. The number of pyridine rings is 1. The van der Waals surface area contributed by atoms with Crippen molar-refractivity contribution < 1.29 is 33.7 Å². The zero-order valence-electron chi connectivity index (χ0n) is 35.1. The predicted octanol–water partition coefficient (Wildman–Crippen LogP) is 9.54. The highest BCUT2D eigenvalue weighted by Gasteiger charge is 2.40. The van der Waals surface area contributed by atoms with Crippen LogP contribution < -0.4 is 19.5 Å². The van der Waals surface area contributed by atoms with Crippen molar-refractivity contribution in [2.45, 2.75) is 97.8 Å². The molecule has 0 aliphatic carbocycles. The standard InChI is InChI=1S/C48H50Cl2N4O7/c1-27(2)54(28(3)4)48(58)53-24-36-23-44-43(60-26-45(61-44)34-12-14-37(15-13-34)59-25-32-9-16-39(49)40(50)19-32)22-35(36)21-42(53)46(55)52-41(47(56)57)20-31-7-10-33(11-8-31)38-17-18-51-30(6)29(38)5/h7-19,22-23,27-28,41-42,45H,20-21,24-26H2,1-6H3,(H,52,55)(H,56,57)/t41-,42-,45+/m0/s1. The second kappa shape index (κ2) is 18.5. The molecular weight excluding hydrogens is 815 g/mol. The SMILES string of the molecule is Cc1nccc(-c2ccc(C[C@H](NC(=O)[C@@H]3Cc4cc5c(cc4CN3C(=O)N(C(C)C)C(C)C)O[C@@H](c3ccc(OCc4ccc(Cl)c(Cl)c4)cc3)CO5)C(=O)O)cc2)c1C. The van der Waals surface area contributed by atoms with Crippen LogP contribution in [0.15, 0.2) is 91.1 Å². The number of benzene rings is 4. The lowest BCUT2D eigenvalue weighted by Crippen LogP contribution is -2.60. The molecular formula is C48H50Cl2N4O7. The van der Waals surface area contributed by atoms with Gasteiger partial charge in [-0.25, -0.2) is 9.59 Å². The van der Waals surface area contributed by atoms with Gasteiger partial charge in [-0.3, -0.25) is 9.78 Å². The number of hydrogen-bond donors (Lipinski definition) is 2. The summed E-state index contributed by atoms with van der Waals surface area (Å²) in [6, 6.07) is 23.5. The van der Waals surface area contributed by atoms with Crippen LogP contribution >= 0.6 is 23.2 Å². The van der Waals surface area contributed by atoms with Gasteiger partial charge in [0.1, 0.15) is 31.0 Å². The number of rotatable bonds is 12. The summed E-state index contributed by atoms with van der Waals surface area (Å²) in [5.41, 5.74) is 8.22. The first-order valence-corrected chi connectivity index (χ1v) is 21.2. The van der Waals surface area contributed by atoms with E-state index in [0.717, 1.165) is 50.2 Å². The molecule has 0 spiro atoms. The third kappa shape index (κ3) is 9.74. The molecule has 1 aromatic heterocycles. The number of urea groups is 1. The second-order valence-electron chi connectivity index (χ2n) is 16.2. The number of nitrogens with zero attached hydrogens (tertiary/aromatic N) is 3. The number of aliphatic carboxylic acids is 1. The highest BCUT2D eigenvalue weighted by molar-refractivity contribution is 6.42. The largest absolute Gasteiger partial charge is 0.489 e. The summed E-state index contributed by atoms with van der Waals surface area (Å²) < 4.78 is 18.7. The van der Waals surface area contributed by atoms with Gasteiger partial charge in [0.15, 0.2) is 17.6 Å². The molecule has 5 aromatic rings. The number of carboxylic acid groups (broad SMARTS) is 1. The van der Waals surface area contributed by atoms with Gasteiger partial charge in [-0.1, -0.05) is 65.7 Å². The minimum Gasteiger partial charge on any atom is -0.489 e. The molecule has 3 heterocycles. The number of aryl methyl sites for hydroxylation is 1. The molecule has 4 aromatic carbocycles. The van der Waals surface area contributed by atoms with E-state index < -0.39 is 30.1 Å². The maximum atomic E-state index is 14.4. The van der Waals surface area contributed by atoms with Gasteiger partial charge in [0.05, 0.1) is 10.0 Å². The monoisotopic (exact) mass is 864 g/mol. The van der Waals surface area contributed by atoms with Crippen LogP contribution in [0.3, 0.4) is 0 Å². The lowest BCUT2D eigenvalue weighted by atomic mass is 9.92. The van der Waals surface area contributed by atoms with Gasteiger partial charge in [0.2, 0.25) is 5.91 Å². The van der Waals surface area contributed by atoms with Crippen molar-refractivity contribution in [3.63, 3.8) is 0 Å². The Morgan fingerprint density at radius 2 is 1.57 bits per heavy atom. The van der Waals surface area contributed by atoms with E-state index in [2.05, 4.69) is 10.3 Å². The van der Waals surface area contributed by atoms with E-state index >= 15 is 0 Å². The molecule has 0 saturated heterocycles. The van der Waals surface area contributed by atoms with Crippen molar-refractivity contribution in [2.75, 3.05) is 6.61 Å². The highest BCUT2D eigenvalue weighted by atomic mass is 35.5. The molecule has 318 valence electrons. The number of halogens is 2. The minimum atomic E-state index is -1.23. The second-order valence-corrected chi connectivity index (χ2v) is 17.0. The van der Waals surface area contributed by atoms with Gasteiger partial charge in [-0.2, -0.15) is 0 Å². The van der Waals surface area contributed by atoms with Crippen molar-refractivity contribution >= 4 is 41.1 Å². The lowest BCUT2D eigenvalue weighted by Gasteiger charge is -2.42. The number of aromatic nitrogens is 1. The van der Waals surface area contributed by atoms with E-state index in [0.29, 0.717) is 33.9 Å². The summed E-state index contributed by atoms with van der Waals surface area (Å²) in [5.74, 6) is 0.0264. The summed E-state index contributed by atoms with van der Waals surface area (Å²) in [6.45, 7) is 12.4. The molecule has 3 atom stereocenters. The van der Waals surface area contributed by atoms with Crippen molar-refractivity contribution in [3.05, 3.63) is 140 Å². The number of ether oxygens (including phenoxy) is 3. The number of carboxylic acids is 1. The van der Waals surface area contributed by atoms with Crippen LogP contribution in [-0.4, -0.2) is 68.6 Å². The molecule has 0 bridgehead atoms. The zero-order valence-corrected chi connectivity index (χ0v) is 36.6. The first-order valence-electron chi connectivity index (χ1n) is 20.4. The molecule has 0 fully saturated rings. The van der Waals surface area contributed by atoms with Gasteiger partial charge in [-0.05, 0) is 129 Å². The minimum absolute atomic E-state index is 0.0609. The topological polar surface area (TPSA) is 131 Å². The van der Waals surface area contributed by atoms with Crippen LogP contribution in [0.25, 0.3) is 11.1 Å². The molecule has 0 unspecified atom stereocenters. The van der Waals surface area contributed by atoms with Crippen LogP contribution in [0.4, 0.5) is 4.79 Å². The summed E-state index contributed by atoms with van der Waals surface area (Å²) in [7, 11) is 0. The van der Waals surface area contributed by atoms with Gasteiger partial charge in [0, 0.05) is 43.4 Å². The Bertz CT molecular complexity index is 2420. The normalized spacial score (nSPS) is 16.2. The van der Waals surface area contributed by atoms with Crippen molar-refractivity contribution in [1.29, 1.82) is 0 Å². The summed E-state index contributed by atoms with van der Waals surface area (Å²) >= 11 is 12.2. The highest BCUT2D eigenvalue weighted by Crippen LogP contribution is 2.41. The number of nitrogens with one attached hydrogen (secondary N) is 1. The van der Waals surface area contributed by atoms with E-state index in [1.165, 1.54) is 0 Å². The Hall–Kier alpha value is -5.78. The van der Waals surface area contributed by atoms with E-state index in [1.54, 1.807) is 28.1 Å². The van der Waals surface area contributed by atoms with E-state index in [-0.39, 0.29) is 44.1 Å². The fourth-order valence-electron chi connectivity index (χ4n) is 7.99. The maximum Gasteiger partial charge on any atom is 0.326 e. The summed E-state index contributed by atoms with van der Waals surface area (Å²) in [4.78, 5) is 49.0. The Morgan fingerprint density at radius 3 is 2.25 bits per heavy atom. The fraction of sp³-hybridized carbons (Fsp3) is 0.333. The quantitative estimate of drug-likeness (QED) is 0.127. The smallest absolute Gasteiger partial charge is 0.326 e. The van der Waals surface area contributed by atoms with Gasteiger partial charge < -0.3 is 34.4 Å². The Kier molecular flexibility index (Phi) is 13.1. The molecule has 13 heteroatoms. The maximum absolute atomic E-state index is 14.4. The first-order chi connectivity index (χ1) is 29.2. The number of fused-ring (bicyclic) bond motifs is 2. The molecule has 11 nitrogen and oxygen atoms in total. The van der Waals surface area contributed by atoms with Gasteiger partial charge in [-0.15, -0.1) is 0 Å². The summed E-state index contributed by atoms with van der Waals surface area (Å²) in [5, 5.41) is 14.1. The average Bonchev–Trinajstić information content (AvgIpc) is 3.23. The molecule has 3 amide bonds. The van der Waals surface area contributed by atoms with Crippen molar-refractivity contribution in [3.8, 4) is 28.4 Å². The van der Waals surface area contributed by atoms with Gasteiger partial charge >= 0.3 is 12.0 Å². The van der Waals surface area contributed by atoms with Crippen LogP contribution in [0.2, 0.25) is 10.0 Å². The van der Waals surface area contributed by atoms with Crippen molar-refractivity contribution in [2.24, 2.45) is 0 Å². The van der Waals surface area contributed by atoms with E-state index in [4.69, 9.17) is 37.4 Å². The van der Waals surface area contributed by atoms with Crippen LogP contribution in [-0.2, 0) is 35.6 Å². The summed E-state index contributed by atoms with van der Waals surface area (Å²) in [6.07, 6.45) is 1.59. The predicted molar refractivity (Wildman–Crippen MR) is 236 cm³/mol. The van der Waals surface area contributed by atoms with Crippen LogP contribution in [0.5, 0.6) is 17.2 Å². The van der Waals surface area contributed by atoms with Crippen molar-refractivity contribution in [1.82, 2.24) is 20.1 Å². The molecule has 2 N–H and O–H groups in total. The molecule has 0 radical (unpaired) electrons. The number of amides is 3. The van der Waals surface area contributed by atoms with Crippen LogP contribution in [0.1, 0.15) is 72.9 Å². The first kappa shape index (κ1) is 43.3. The zero-order chi connectivity index (χ0) is 43.5. The third-order valence-corrected chi connectivity index (χ3v) is 12.1. The third-order valence-electron chi connectivity index (χ3n) is 11.4. The molecule has 2 aliphatic rings. The molecule has 0 saturated carbocycles. The van der Waals surface area contributed by atoms with Gasteiger partial charge in [0.25, 0.3) is 0 Å². The average molecular weight is 866 g/mol. The van der Waals surface area contributed by atoms with E-state index in [9.17, 15) is 19.5 Å². The lowest BCUT2D eigenvalue weighted by molar-refractivity contribution is -0.142. The number of carbonyl (C=O) groups excluding carboxylic acids is 2. The Labute approximate surface area is 366 Å².